The molecule has 1 heterocycles. The number of carbonyl (C=O) groups is 2. The monoisotopic (exact) mass is 455 g/mol. The number of hydrogen-bond acceptors (Lipinski definition) is 6. The average molecular weight is 456 g/mol. The Labute approximate surface area is 180 Å². The number of ether oxygens (including phenoxy) is 2. The number of hydrogen-bond donors (Lipinski definition) is 2. The van der Waals surface area contributed by atoms with E-state index >= 15 is 0 Å². The van der Waals surface area contributed by atoms with Crippen molar-refractivity contribution in [2.45, 2.75) is 31.2 Å². The third kappa shape index (κ3) is 5.72. The van der Waals surface area contributed by atoms with Crippen molar-refractivity contribution in [2.75, 3.05) is 38.7 Å². The number of imide groups is 1. The molecule has 3 fully saturated rings. The first-order valence-electron chi connectivity index (χ1n) is 10.4. The molecule has 0 spiro atoms. The van der Waals surface area contributed by atoms with E-state index < -0.39 is 27.4 Å². The van der Waals surface area contributed by atoms with E-state index in [-0.39, 0.29) is 43.7 Å². The van der Waals surface area contributed by atoms with E-state index in [1.54, 1.807) is 12.1 Å². The molecule has 2 aliphatic carbocycles. The van der Waals surface area contributed by atoms with Crippen LogP contribution in [0.5, 0.6) is 5.75 Å². The fourth-order valence-electron chi connectivity index (χ4n) is 3.44. The van der Waals surface area contributed by atoms with Crippen molar-refractivity contribution < 1.29 is 31.9 Å². The summed E-state index contributed by atoms with van der Waals surface area (Å²) in [6.45, 7) is 0.738. The summed E-state index contributed by atoms with van der Waals surface area (Å²) >= 11 is 0. The maximum Gasteiger partial charge on any atom is 0.324 e. The minimum Gasteiger partial charge on any atom is -0.490 e. The van der Waals surface area contributed by atoms with Gasteiger partial charge in [0.15, 0.2) is 11.6 Å². The lowest BCUT2D eigenvalue weighted by Gasteiger charge is -2.19. The number of amides is 3. The summed E-state index contributed by atoms with van der Waals surface area (Å²) in [5.41, 5.74) is -0.0491. The van der Waals surface area contributed by atoms with Crippen molar-refractivity contribution in [1.82, 2.24) is 14.9 Å². The van der Waals surface area contributed by atoms with E-state index in [2.05, 4.69) is 10.0 Å². The van der Waals surface area contributed by atoms with Crippen molar-refractivity contribution >= 4 is 22.0 Å². The van der Waals surface area contributed by atoms with Crippen molar-refractivity contribution in [3.05, 3.63) is 29.6 Å². The van der Waals surface area contributed by atoms with Crippen molar-refractivity contribution in [3.63, 3.8) is 0 Å². The van der Waals surface area contributed by atoms with Gasteiger partial charge >= 0.3 is 6.03 Å². The van der Waals surface area contributed by atoms with Crippen LogP contribution in [-0.4, -0.2) is 63.9 Å². The number of nitrogens with zero attached hydrogens (tertiary/aromatic N) is 1. The number of urea groups is 1. The van der Waals surface area contributed by atoms with Crippen LogP contribution in [-0.2, 0) is 25.1 Å². The van der Waals surface area contributed by atoms with E-state index in [4.69, 9.17) is 9.47 Å². The lowest BCUT2D eigenvalue weighted by Crippen LogP contribution is -2.38. The Kier molecular flexibility index (Phi) is 6.18. The van der Waals surface area contributed by atoms with Gasteiger partial charge in [-0.3, -0.25) is 10.1 Å². The molecule has 4 rings (SSSR count). The summed E-state index contributed by atoms with van der Waals surface area (Å²) in [5, 5.41) is 2.16. The summed E-state index contributed by atoms with van der Waals surface area (Å²) in [7, 11) is -3.64. The van der Waals surface area contributed by atoms with Gasteiger partial charge in [-0.15, -0.1) is 0 Å². The van der Waals surface area contributed by atoms with E-state index in [1.807, 2.05) is 0 Å². The Balaban J connectivity index is 1.26. The van der Waals surface area contributed by atoms with Crippen molar-refractivity contribution in [3.8, 4) is 5.75 Å². The van der Waals surface area contributed by atoms with Gasteiger partial charge in [0, 0.05) is 6.54 Å². The third-order valence-electron chi connectivity index (χ3n) is 5.63. The Morgan fingerprint density at radius 2 is 2.00 bits per heavy atom. The van der Waals surface area contributed by atoms with Crippen LogP contribution in [0.1, 0.15) is 31.2 Å². The van der Waals surface area contributed by atoms with Crippen LogP contribution >= 0.6 is 0 Å². The van der Waals surface area contributed by atoms with Crippen LogP contribution in [0.25, 0.3) is 0 Å². The molecule has 0 unspecified atom stereocenters. The first kappa shape index (κ1) is 22.0. The van der Waals surface area contributed by atoms with Gasteiger partial charge in [0.2, 0.25) is 15.9 Å². The number of rotatable bonds is 12. The van der Waals surface area contributed by atoms with Gasteiger partial charge in [0.05, 0.1) is 31.1 Å². The summed E-state index contributed by atoms with van der Waals surface area (Å²) < 4.78 is 52.8. The topological polar surface area (TPSA) is 114 Å². The number of benzene rings is 1. The minimum absolute atomic E-state index is 0.0192. The second-order valence-corrected chi connectivity index (χ2v) is 10.1. The molecular formula is C20H26FN3O6S. The van der Waals surface area contributed by atoms with Crippen molar-refractivity contribution in [2.24, 2.45) is 5.92 Å². The first-order chi connectivity index (χ1) is 14.8. The first-order valence-corrected chi connectivity index (χ1v) is 12.0. The molecule has 31 heavy (non-hydrogen) atoms. The van der Waals surface area contributed by atoms with Crippen LogP contribution in [0.4, 0.5) is 9.18 Å². The number of carbonyl (C=O) groups excluding carboxylic acids is 2. The Hall–Kier alpha value is -2.24. The Morgan fingerprint density at radius 1 is 1.23 bits per heavy atom. The molecule has 9 nitrogen and oxygen atoms in total. The predicted molar refractivity (Wildman–Crippen MR) is 108 cm³/mol. The lowest BCUT2D eigenvalue weighted by molar-refractivity contribution is -0.118. The highest BCUT2D eigenvalue weighted by molar-refractivity contribution is 7.89. The molecule has 2 saturated carbocycles. The molecule has 0 atom stereocenters. The fraction of sp³-hybridized carbons (Fsp3) is 0.600. The zero-order chi connectivity index (χ0) is 22.1. The van der Waals surface area contributed by atoms with Crippen molar-refractivity contribution in [1.29, 1.82) is 0 Å². The Morgan fingerprint density at radius 3 is 2.65 bits per heavy atom. The molecule has 2 N–H and O–H groups in total. The normalized spacial score (nSPS) is 20.1. The van der Waals surface area contributed by atoms with Crippen LogP contribution < -0.4 is 14.8 Å². The maximum atomic E-state index is 14.1. The average Bonchev–Trinajstić information content (AvgIpc) is 3.62. The van der Waals surface area contributed by atoms with Crippen LogP contribution in [0, 0.1) is 11.7 Å². The molecule has 0 aromatic heterocycles. The Bertz CT molecular complexity index is 962. The second-order valence-electron chi connectivity index (χ2n) is 8.29. The summed E-state index contributed by atoms with van der Waals surface area (Å²) in [5.74, 6) is -0.427. The third-order valence-corrected chi connectivity index (χ3v) is 7.03. The molecule has 170 valence electrons. The summed E-state index contributed by atoms with van der Waals surface area (Å²) in [4.78, 5) is 23.8. The minimum atomic E-state index is -3.64. The van der Waals surface area contributed by atoms with Gasteiger partial charge in [-0.05, 0) is 49.3 Å². The van der Waals surface area contributed by atoms with E-state index in [0.29, 0.717) is 30.9 Å². The molecule has 0 bridgehead atoms. The number of nitrogens with one attached hydrogen (secondary N) is 2. The van der Waals surface area contributed by atoms with Crippen LogP contribution in [0.15, 0.2) is 18.2 Å². The van der Waals surface area contributed by atoms with Gasteiger partial charge in [0.25, 0.3) is 0 Å². The lowest BCUT2D eigenvalue weighted by atomic mass is 10.1. The zero-order valence-electron chi connectivity index (χ0n) is 17.1. The number of sulfonamides is 1. The fourth-order valence-corrected chi connectivity index (χ4v) is 4.79. The SMILES string of the molecule is O=C1CN(CCOCCS(=O)(=O)NC2(c3ccc(F)c(OCC4CC4)c3)CC2)C(=O)N1. The van der Waals surface area contributed by atoms with E-state index in [0.717, 1.165) is 12.8 Å². The zero-order valence-corrected chi connectivity index (χ0v) is 17.9. The summed E-state index contributed by atoms with van der Waals surface area (Å²) in [6, 6.07) is 4.02. The highest BCUT2D eigenvalue weighted by Gasteiger charge is 2.47. The van der Waals surface area contributed by atoms with Gasteiger partial charge in [0.1, 0.15) is 6.54 Å². The molecule has 1 aromatic carbocycles. The molecule has 3 aliphatic rings. The van der Waals surface area contributed by atoms with Crippen LogP contribution in [0.2, 0.25) is 0 Å². The van der Waals surface area contributed by atoms with Gasteiger partial charge in [-0.25, -0.2) is 22.3 Å². The molecular weight excluding hydrogens is 429 g/mol. The molecule has 1 saturated heterocycles. The highest BCUT2D eigenvalue weighted by atomic mass is 32.2. The second kappa shape index (κ2) is 8.71. The van der Waals surface area contributed by atoms with Gasteiger partial charge < -0.3 is 14.4 Å². The van der Waals surface area contributed by atoms with E-state index in [1.165, 1.54) is 11.0 Å². The molecule has 1 aromatic rings. The number of halogens is 1. The van der Waals surface area contributed by atoms with E-state index in [9.17, 15) is 22.4 Å². The molecule has 11 heteroatoms. The van der Waals surface area contributed by atoms with Gasteiger partial charge in [-0.2, -0.15) is 0 Å². The highest BCUT2D eigenvalue weighted by Crippen LogP contribution is 2.47. The largest absolute Gasteiger partial charge is 0.490 e. The molecule has 3 amide bonds. The molecule has 1 aliphatic heterocycles. The quantitative estimate of drug-likeness (QED) is 0.360. The molecule has 0 radical (unpaired) electrons. The smallest absolute Gasteiger partial charge is 0.324 e. The predicted octanol–water partition coefficient (Wildman–Crippen LogP) is 1.09. The standard InChI is InChI=1S/C20H26FN3O6S/c21-16-4-3-15(11-17(16)30-13-14-1-2-14)20(5-6-20)23-31(27,28)10-9-29-8-7-24-12-18(25)22-19(24)26/h3-4,11,14,23H,1-2,5-10,12-13H2,(H,22,25,26). The van der Waals surface area contributed by atoms with Crippen LogP contribution in [0.3, 0.4) is 0 Å². The van der Waals surface area contributed by atoms with Gasteiger partial charge in [-0.1, -0.05) is 6.07 Å². The maximum absolute atomic E-state index is 14.1. The summed E-state index contributed by atoms with van der Waals surface area (Å²) in [6.07, 6.45) is 3.44.